The van der Waals surface area contributed by atoms with Gasteiger partial charge in [0.05, 0.1) is 6.10 Å². The van der Waals surface area contributed by atoms with Gasteiger partial charge in [-0.15, -0.1) is 0 Å². The van der Waals surface area contributed by atoms with Gasteiger partial charge in [0.2, 0.25) is 0 Å². The van der Waals surface area contributed by atoms with Gasteiger partial charge in [-0.25, -0.2) is 4.39 Å². The molecule has 1 rings (SSSR count). The monoisotopic (exact) mass is 203 g/mol. The molecule has 13 heavy (non-hydrogen) atoms. The third kappa shape index (κ3) is 2.18. The van der Waals surface area contributed by atoms with E-state index in [1.165, 1.54) is 18.2 Å². The molecule has 0 aliphatic heterocycles. The molecule has 0 fully saturated rings. The Labute approximate surface area is 81.1 Å². The van der Waals surface area contributed by atoms with Crippen LogP contribution in [0.5, 0.6) is 0 Å². The summed E-state index contributed by atoms with van der Waals surface area (Å²) in [5, 5.41) is 9.71. The first kappa shape index (κ1) is 10.4. The maximum Gasteiger partial charge on any atom is 0.130 e. The lowest BCUT2D eigenvalue weighted by Crippen LogP contribution is -2.25. The summed E-state index contributed by atoms with van der Waals surface area (Å²) in [5.74, 6) is -0.530. The van der Waals surface area contributed by atoms with Crippen molar-refractivity contribution in [3.05, 3.63) is 34.6 Å². The van der Waals surface area contributed by atoms with Crippen LogP contribution in [0.3, 0.4) is 0 Å². The number of benzene rings is 1. The van der Waals surface area contributed by atoms with Crippen LogP contribution in [0, 0.1) is 5.82 Å². The second kappa shape index (κ2) is 4.05. The molecule has 72 valence electrons. The fourth-order valence-corrected chi connectivity index (χ4v) is 1.33. The first-order valence-electron chi connectivity index (χ1n) is 3.91. The smallest absolute Gasteiger partial charge is 0.130 e. The highest BCUT2D eigenvalue weighted by Crippen LogP contribution is 2.26. The fraction of sp³-hybridized carbons (Fsp3) is 0.333. The van der Waals surface area contributed by atoms with Crippen LogP contribution < -0.4 is 5.73 Å². The lowest BCUT2D eigenvalue weighted by atomic mass is 10.0. The zero-order valence-electron chi connectivity index (χ0n) is 7.17. The number of nitrogens with two attached hydrogens (primary N) is 1. The molecule has 0 saturated carbocycles. The van der Waals surface area contributed by atoms with Crippen molar-refractivity contribution >= 4 is 11.6 Å². The van der Waals surface area contributed by atoms with Crippen molar-refractivity contribution in [2.45, 2.75) is 19.1 Å². The van der Waals surface area contributed by atoms with Gasteiger partial charge < -0.3 is 10.8 Å². The van der Waals surface area contributed by atoms with E-state index in [0.717, 1.165) is 0 Å². The molecule has 2 atom stereocenters. The number of hydrogen-bond donors (Lipinski definition) is 2. The van der Waals surface area contributed by atoms with E-state index in [2.05, 4.69) is 0 Å². The van der Waals surface area contributed by atoms with Crippen LogP contribution in [0.4, 0.5) is 4.39 Å². The van der Waals surface area contributed by atoms with Crippen LogP contribution in [0.2, 0.25) is 5.02 Å². The molecular formula is C9H11ClFNO. The van der Waals surface area contributed by atoms with E-state index in [1.54, 1.807) is 6.92 Å². The Kier molecular flexibility index (Phi) is 3.25. The standard InChI is InChI=1S/C9H11ClFNO/c1-5(12)9(13)8-6(10)3-2-4-7(8)11/h2-5,9,13H,12H2,1H3/t5-,9+/m0/s1. The van der Waals surface area contributed by atoms with Crippen molar-refractivity contribution in [2.24, 2.45) is 5.73 Å². The van der Waals surface area contributed by atoms with Crippen molar-refractivity contribution in [3.8, 4) is 0 Å². The second-order valence-electron chi connectivity index (χ2n) is 2.94. The maximum atomic E-state index is 13.2. The van der Waals surface area contributed by atoms with Crippen LogP contribution in [-0.4, -0.2) is 11.1 Å². The van der Waals surface area contributed by atoms with E-state index in [-0.39, 0.29) is 10.6 Å². The van der Waals surface area contributed by atoms with E-state index in [9.17, 15) is 9.50 Å². The van der Waals surface area contributed by atoms with Gasteiger partial charge in [0.25, 0.3) is 0 Å². The zero-order valence-corrected chi connectivity index (χ0v) is 7.92. The Hall–Kier alpha value is -0.640. The van der Waals surface area contributed by atoms with E-state index in [1.807, 2.05) is 0 Å². The molecule has 4 heteroatoms. The van der Waals surface area contributed by atoms with Crippen molar-refractivity contribution in [1.29, 1.82) is 0 Å². The van der Waals surface area contributed by atoms with Gasteiger partial charge in [0.1, 0.15) is 5.82 Å². The van der Waals surface area contributed by atoms with E-state index in [4.69, 9.17) is 17.3 Å². The van der Waals surface area contributed by atoms with Gasteiger partial charge in [0.15, 0.2) is 0 Å². The Bertz CT molecular complexity index is 283. The van der Waals surface area contributed by atoms with Gasteiger partial charge in [-0.3, -0.25) is 0 Å². The van der Waals surface area contributed by atoms with Crippen molar-refractivity contribution in [1.82, 2.24) is 0 Å². The van der Waals surface area contributed by atoms with Gasteiger partial charge in [-0.2, -0.15) is 0 Å². The minimum absolute atomic E-state index is 0.0687. The number of aliphatic hydroxyl groups excluding tert-OH is 1. The topological polar surface area (TPSA) is 46.2 Å². The van der Waals surface area contributed by atoms with Crippen molar-refractivity contribution in [3.63, 3.8) is 0 Å². The molecule has 0 amide bonds. The van der Waals surface area contributed by atoms with Crippen molar-refractivity contribution < 1.29 is 9.50 Å². The Balaban J connectivity index is 3.12. The molecule has 0 radical (unpaired) electrons. The second-order valence-corrected chi connectivity index (χ2v) is 3.35. The van der Waals surface area contributed by atoms with Gasteiger partial charge >= 0.3 is 0 Å². The molecule has 0 aliphatic carbocycles. The lowest BCUT2D eigenvalue weighted by molar-refractivity contribution is 0.149. The average Bonchev–Trinajstić information content (AvgIpc) is 2.03. The minimum Gasteiger partial charge on any atom is -0.387 e. The minimum atomic E-state index is -1.06. The SMILES string of the molecule is C[C@H](N)[C@@H](O)c1c(F)cccc1Cl. The molecule has 0 aromatic heterocycles. The molecule has 1 aromatic rings. The predicted octanol–water partition coefficient (Wildman–Crippen LogP) is 1.86. The van der Waals surface area contributed by atoms with E-state index in [0.29, 0.717) is 0 Å². The summed E-state index contributed by atoms with van der Waals surface area (Å²) in [6.07, 6.45) is -1.06. The number of rotatable bonds is 2. The van der Waals surface area contributed by atoms with Gasteiger partial charge in [-0.1, -0.05) is 17.7 Å². The van der Waals surface area contributed by atoms with Gasteiger partial charge in [0, 0.05) is 16.6 Å². The third-order valence-electron chi connectivity index (χ3n) is 1.79. The molecule has 0 bridgehead atoms. The molecule has 0 saturated heterocycles. The Morgan fingerprint density at radius 3 is 2.62 bits per heavy atom. The van der Waals surface area contributed by atoms with Crippen LogP contribution in [0.1, 0.15) is 18.6 Å². The predicted molar refractivity (Wildman–Crippen MR) is 50.0 cm³/mol. The molecule has 0 spiro atoms. The molecular weight excluding hydrogens is 193 g/mol. The van der Waals surface area contributed by atoms with Gasteiger partial charge in [-0.05, 0) is 19.1 Å². The number of aliphatic hydroxyl groups is 1. The first-order valence-corrected chi connectivity index (χ1v) is 4.29. The maximum absolute atomic E-state index is 13.2. The molecule has 0 aliphatic rings. The number of halogens is 2. The quantitative estimate of drug-likeness (QED) is 0.771. The van der Waals surface area contributed by atoms with Crippen LogP contribution in [0.15, 0.2) is 18.2 Å². The summed E-state index contributed by atoms with van der Waals surface area (Å²) < 4.78 is 13.2. The highest BCUT2D eigenvalue weighted by Gasteiger charge is 2.19. The summed E-state index contributed by atoms with van der Waals surface area (Å²) in [6, 6.07) is 3.70. The average molecular weight is 204 g/mol. The van der Waals surface area contributed by atoms with E-state index >= 15 is 0 Å². The third-order valence-corrected chi connectivity index (χ3v) is 2.12. The highest BCUT2D eigenvalue weighted by molar-refractivity contribution is 6.31. The first-order chi connectivity index (χ1) is 6.04. The molecule has 3 N–H and O–H groups in total. The summed E-state index contributed by atoms with van der Waals surface area (Å²) in [7, 11) is 0. The van der Waals surface area contributed by atoms with Crippen LogP contribution >= 0.6 is 11.6 Å². The molecule has 0 heterocycles. The highest BCUT2D eigenvalue weighted by atomic mass is 35.5. The summed E-state index contributed by atoms with van der Waals surface area (Å²) in [5.41, 5.74) is 5.50. The van der Waals surface area contributed by atoms with E-state index < -0.39 is 18.0 Å². The molecule has 0 unspecified atom stereocenters. The molecule has 2 nitrogen and oxygen atoms in total. The normalized spacial score (nSPS) is 15.5. The summed E-state index contributed by atoms with van der Waals surface area (Å²) in [6.45, 7) is 1.59. The summed E-state index contributed by atoms with van der Waals surface area (Å²) >= 11 is 5.71. The largest absolute Gasteiger partial charge is 0.387 e. The zero-order chi connectivity index (χ0) is 10.0. The fourth-order valence-electron chi connectivity index (χ4n) is 1.06. The van der Waals surface area contributed by atoms with Crippen LogP contribution in [-0.2, 0) is 0 Å². The lowest BCUT2D eigenvalue weighted by Gasteiger charge is -2.16. The Morgan fingerprint density at radius 2 is 2.15 bits per heavy atom. The van der Waals surface area contributed by atoms with Crippen molar-refractivity contribution in [2.75, 3.05) is 0 Å². The molecule has 1 aromatic carbocycles. The summed E-state index contributed by atoms with van der Waals surface area (Å²) in [4.78, 5) is 0. The van der Waals surface area contributed by atoms with Crippen LogP contribution in [0.25, 0.3) is 0 Å². The Morgan fingerprint density at radius 1 is 1.54 bits per heavy atom. The number of hydrogen-bond acceptors (Lipinski definition) is 2.